The fourth-order valence-electron chi connectivity index (χ4n) is 3.13. The highest BCUT2D eigenvalue weighted by Crippen LogP contribution is 2.41. The van der Waals surface area contributed by atoms with Crippen molar-refractivity contribution in [3.8, 4) is 0 Å². The van der Waals surface area contributed by atoms with E-state index in [1.54, 1.807) is 30.3 Å². The molecule has 1 atom stereocenters. The van der Waals surface area contributed by atoms with E-state index < -0.39 is 17.5 Å². The van der Waals surface area contributed by atoms with Gasteiger partial charge in [0.2, 0.25) is 0 Å². The molecule has 0 saturated carbocycles. The predicted octanol–water partition coefficient (Wildman–Crippen LogP) is 2.77. The highest BCUT2D eigenvalue weighted by Gasteiger charge is 2.45. The number of carbonyl (C=O) groups is 2. The van der Waals surface area contributed by atoms with E-state index in [-0.39, 0.29) is 0 Å². The zero-order valence-corrected chi connectivity index (χ0v) is 13.3. The molecule has 118 valence electrons. The molecule has 0 bridgehead atoms. The lowest BCUT2D eigenvalue weighted by Gasteiger charge is -2.36. The number of hydrogen-bond acceptors (Lipinski definition) is 4. The van der Waals surface area contributed by atoms with Gasteiger partial charge >= 0.3 is 5.97 Å². The lowest BCUT2D eigenvalue weighted by molar-refractivity contribution is -0.176. The van der Waals surface area contributed by atoms with Gasteiger partial charge in [-0.05, 0) is 26.1 Å². The molecule has 2 aromatic rings. The second kappa shape index (κ2) is 5.97. The van der Waals surface area contributed by atoms with Crippen LogP contribution >= 0.6 is 0 Å². The SMILES string of the molecule is CN(C)C1(OC(=O)C(=O)c2ccccc2)CCc2ccccc21. The molecule has 0 radical (unpaired) electrons. The Balaban J connectivity index is 1.90. The summed E-state index contributed by atoms with van der Waals surface area (Å²) >= 11 is 0. The van der Waals surface area contributed by atoms with Crippen LogP contribution in [0.15, 0.2) is 54.6 Å². The number of ether oxygens (including phenoxy) is 1. The second-order valence-electron chi connectivity index (χ2n) is 5.92. The molecule has 0 fully saturated rings. The molecule has 0 N–H and O–H groups in total. The minimum Gasteiger partial charge on any atom is -0.433 e. The van der Waals surface area contributed by atoms with Crippen LogP contribution < -0.4 is 0 Å². The summed E-state index contributed by atoms with van der Waals surface area (Å²) in [6, 6.07) is 16.4. The fourth-order valence-corrected chi connectivity index (χ4v) is 3.13. The summed E-state index contributed by atoms with van der Waals surface area (Å²) in [5.41, 5.74) is 1.58. The molecule has 0 aliphatic heterocycles. The van der Waals surface area contributed by atoms with Crippen LogP contribution in [0.3, 0.4) is 0 Å². The van der Waals surface area contributed by atoms with Gasteiger partial charge in [-0.1, -0.05) is 54.6 Å². The minimum absolute atomic E-state index is 0.345. The normalized spacial score (nSPS) is 19.4. The standard InChI is InChI=1S/C19H19NO3/c1-20(2)19(13-12-14-8-6-7-11-16(14)19)23-18(22)17(21)15-9-4-3-5-10-15/h3-11H,12-13H2,1-2H3. The van der Waals surface area contributed by atoms with Crippen molar-refractivity contribution < 1.29 is 14.3 Å². The van der Waals surface area contributed by atoms with Gasteiger partial charge in [0.25, 0.3) is 5.78 Å². The zero-order chi connectivity index (χ0) is 16.4. The average Bonchev–Trinajstić information content (AvgIpc) is 2.95. The molecular weight excluding hydrogens is 290 g/mol. The van der Waals surface area contributed by atoms with E-state index in [4.69, 9.17) is 4.74 Å². The average molecular weight is 309 g/mol. The van der Waals surface area contributed by atoms with Crippen molar-refractivity contribution in [1.82, 2.24) is 4.90 Å². The zero-order valence-electron chi connectivity index (χ0n) is 13.3. The van der Waals surface area contributed by atoms with Gasteiger partial charge in [0.1, 0.15) is 0 Å². The molecule has 4 heteroatoms. The van der Waals surface area contributed by atoms with Gasteiger partial charge in [-0.3, -0.25) is 9.69 Å². The van der Waals surface area contributed by atoms with Crippen LogP contribution in [0.4, 0.5) is 0 Å². The second-order valence-corrected chi connectivity index (χ2v) is 5.92. The van der Waals surface area contributed by atoms with Crippen LogP contribution in [0, 0.1) is 0 Å². The number of esters is 1. The first-order valence-corrected chi connectivity index (χ1v) is 7.63. The molecule has 0 spiro atoms. The van der Waals surface area contributed by atoms with Gasteiger partial charge in [0.15, 0.2) is 5.72 Å². The van der Waals surface area contributed by atoms with Gasteiger partial charge < -0.3 is 4.74 Å². The number of Topliss-reactive ketones (excluding diaryl/α,β-unsaturated/α-hetero) is 1. The van der Waals surface area contributed by atoms with E-state index in [0.29, 0.717) is 12.0 Å². The number of aryl methyl sites for hydroxylation is 1. The number of hydrogen-bond donors (Lipinski definition) is 0. The Morgan fingerprint density at radius 2 is 1.65 bits per heavy atom. The Kier molecular flexibility index (Phi) is 4.01. The van der Waals surface area contributed by atoms with Crippen LogP contribution in [-0.2, 0) is 21.7 Å². The van der Waals surface area contributed by atoms with E-state index in [1.165, 1.54) is 0 Å². The highest BCUT2D eigenvalue weighted by atomic mass is 16.6. The Bertz CT molecular complexity index is 739. The number of ketones is 1. The molecule has 0 aromatic heterocycles. The number of carbonyl (C=O) groups excluding carboxylic acids is 2. The molecule has 1 aliphatic rings. The van der Waals surface area contributed by atoms with Crippen LogP contribution in [-0.4, -0.2) is 30.7 Å². The largest absolute Gasteiger partial charge is 0.433 e. The first-order valence-electron chi connectivity index (χ1n) is 7.63. The number of nitrogens with zero attached hydrogens (tertiary/aromatic N) is 1. The van der Waals surface area contributed by atoms with E-state index in [0.717, 1.165) is 17.5 Å². The minimum atomic E-state index is -0.877. The lowest BCUT2D eigenvalue weighted by atomic mass is 10.0. The van der Waals surface area contributed by atoms with E-state index in [1.807, 2.05) is 43.3 Å². The third-order valence-corrected chi connectivity index (χ3v) is 4.38. The number of rotatable bonds is 4. The summed E-state index contributed by atoms with van der Waals surface area (Å²) in [5, 5.41) is 0. The Hall–Kier alpha value is -2.46. The molecular formula is C19H19NO3. The molecule has 23 heavy (non-hydrogen) atoms. The first kappa shape index (κ1) is 15.4. The van der Waals surface area contributed by atoms with E-state index >= 15 is 0 Å². The maximum Gasteiger partial charge on any atom is 0.381 e. The molecule has 1 aliphatic carbocycles. The lowest BCUT2D eigenvalue weighted by Crippen LogP contribution is -2.45. The van der Waals surface area contributed by atoms with Crippen LogP contribution in [0.2, 0.25) is 0 Å². The third kappa shape index (κ3) is 2.66. The van der Waals surface area contributed by atoms with Crippen LogP contribution in [0.5, 0.6) is 0 Å². The Labute approximate surface area is 135 Å². The summed E-state index contributed by atoms with van der Waals surface area (Å²) in [7, 11) is 3.73. The molecule has 3 rings (SSSR count). The highest BCUT2D eigenvalue weighted by molar-refractivity contribution is 6.40. The summed E-state index contributed by atoms with van der Waals surface area (Å²) in [5.74, 6) is -1.43. The summed E-state index contributed by atoms with van der Waals surface area (Å²) < 4.78 is 5.74. The van der Waals surface area contributed by atoms with Crippen LogP contribution in [0.25, 0.3) is 0 Å². The monoisotopic (exact) mass is 309 g/mol. The summed E-state index contributed by atoms with van der Waals surface area (Å²) in [4.78, 5) is 26.6. The molecule has 0 amide bonds. The fraction of sp³-hybridized carbons (Fsp3) is 0.263. The quantitative estimate of drug-likeness (QED) is 0.377. The van der Waals surface area contributed by atoms with Crippen molar-refractivity contribution in [2.75, 3.05) is 14.1 Å². The molecule has 0 saturated heterocycles. The number of benzene rings is 2. The third-order valence-electron chi connectivity index (χ3n) is 4.38. The topological polar surface area (TPSA) is 46.6 Å². The maximum absolute atomic E-state index is 12.4. The summed E-state index contributed by atoms with van der Waals surface area (Å²) in [6.07, 6.45) is 1.47. The smallest absolute Gasteiger partial charge is 0.381 e. The molecule has 2 aromatic carbocycles. The molecule has 1 unspecified atom stereocenters. The van der Waals surface area contributed by atoms with Gasteiger partial charge in [0, 0.05) is 17.5 Å². The maximum atomic E-state index is 12.4. The van der Waals surface area contributed by atoms with Crippen molar-refractivity contribution in [1.29, 1.82) is 0 Å². The van der Waals surface area contributed by atoms with Crippen molar-refractivity contribution in [2.24, 2.45) is 0 Å². The first-order chi connectivity index (χ1) is 11.0. The molecule has 0 heterocycles. The van der Waals surface area contributed by atoms with E-state index in [9.17, 15) is 9.59 Å². The Morgan fingerprint density at radius 3 is 2.35 bits per heavy atom. The van der Waals surface area contributed by atoms with Crippen molar-refractivity contribution in [3.63, 3.8) is 0 Å². The van der Waals surface area contributed by atoms with E-state index in [2.05, 4.69) is 0 Å². The van der Waals surface area contributed by atoms with Gasteiger partial charge in [-0.2, -0.15) is 0 Å². The van der Waals surface area contributed by atoms with Crippen molar-refractivity contribution >= 4 is 11.8 Å². The van der Waals surface area contributed by atoms with Crippen molar-refractivity contribution in [2.45, 2.75) is 18.6 Å². The molecule has 4 nitrogen and oxygen atoms in total. The summed E-state index contributed by atoms with van der Waals surface area (Å²) in [6.45, 7) is 0. The number of fused-ring (bicyclic) bond motifs is 1. The Morgan fingerprint density at radius 1 is 1.00 bits per heavy atom. The van der Waals surface area contributed by atoms with Crippen molar-refractivity contribution in [3.05, 3.63) is 71.3 Å². The van der Waals surface area contributed by atoms with Crippen LogP contribution in [0.1, 0.15) is 27.9 Å². The van der Waals surface area contributed by atoms with Gasteiger partial charge in [0.05, 0.1) is 0 Å². The van der Waals surface area contributed by atoms with Gasteiger partial charge in [-0.15, -0.1) is 0 Å². The predicted molar refractivity (Wildman–Crippen MR) is 87.0 cm³/mol. The van der Waals surface area contributed by atoms with Gasteiger partial charge in [-0.25, -0.2) is 4.79 Å².